The molecule has 0 amide bonds. The van der Waals surface area contributed by atoms with Gasteiger partial charge in [-0.2, -0.15) is 0 Å². The van der Waals surface area contributed by atoms with Crippen LogP contribution >= 0.6 is 11.6 Å². The minimum Gasteiger partial charge on any atom is -0.253 e. The molecule has 2 saturated heterocycles. The van der Waals surface area contributed by atoms with Gasteiger partial charge >= 0.3 is 0 Å². The largest absolute Gasteiger partial charge is 0.253 e. The first-order valence-electron chi connectivity index (χ1n) is 6.55. The molecule has 4 nitrogen and oxygen atoms in total. The van der Waals surface area contributed by atoms with E-state index < -0.39 is 20.6 Å². The summed E-state index contributed by atoms with van der Waals surface area (Å²) in [4.78, 5) is 5.16. The van der Waals surface area contributed by atoms with Crippen LogP contribution in [-0.2, 0) is 14.9 Å². The first kappa shape index (κ1) is 11.9. The third-order valence-electron chi connectivity index (χ3n) is 6.51. The predicted octanol–water partition coefficient (Wildman–Crippen LogP) is 2.10. The second-order valence-corrected chi connectivity index (χ2v) is 9.61. The van der Waals surface area contributed by atoms with Crippen LogP contribution in [0.25, 0.3) is 0 Å². The molecule has 2 aliphatic carbocycles. The number of hydroxylamine groups is 1. The van der Waals surface area contributed by atoms with Crippen LogP contribution in [0.2, 0.25) is 0 Å². The molecule has 2 aliphatic heterocycles. The van der Waals surface area contributed by atoms with Crippen LogP contribution < -0.4 is 0 Å². The van der Waals surface area contributed by atoms with E-state index in [1.165, 1.54) is 4.47 Å². The van der Waals surface area contributed by atoms with Crippen LogP contribution in [0.4, 0.5) is 0 Å². The first-order valence-corrected chi connectivity index (χ1v) is 8.53. The highest BCUT2D eigenvalue weighted by atomic mass is 35.5. The third-order valence-corrected chi connectivity index (χ3v) is 8.77. The highest BCUT2D eigenvalue weighted by Gasteiger charge is 2.92. The number of halogens is 1. The molecular formula is C12H18ClNO3S. The highest BCUT2D eigenvalue weighted by molar-refractivity contribution is 7.89. The highest BCUT2D eigenvalue weighted by Crippen LogP contribution is 2.83. The summed E-state index contributed by atoms with van der Waals surface area (Å²) >= 11 is 6.92. The van der Waals surface area contributed by atoms with Gasteiger partial charge in [-0.15, -0.1) is 11.6 Å². The van der Waals surface area contributed by atoms with Crippen LogP contribution in [0.3, 0.4) is 0 Å². The summed E-state index contributed by atoms with van der Waals surface area (Å²) in [5.74, 6) is 0.443. The maximum Gasteiger partial charge on any atom is 0.239 e. The quantitative estimate of drug-likeness (QED) is 0.507. The molecule has 0 aromatic carbocycles. The number of rotatable bonds is 0. The van der Waals surface area contributed by atoms with Gasteiger partial charge in [0.25, 0.3) is 0 Å². The zero-order chi connectivity index (χ0) is 13.2. The van der Waals surface area contributed by atoms with Crippen LogP contribution in [0.15, 0.2) is 0 Å². The van der Waals surface area contributed by atoms with E-state index in [0.29, 0.717) is 12.3 Å². The molecule has 1 unspecified atom stereocenters. The zero-order valence-corrected chi connectivity index (χ0v) is 12.4. The Morgan fingerprint density at radius 3 is 2.61 bits per heavy atom. The lowest BCUT2D eigenvalue weighted by Crippen LogP contribution is -2.56. The topological polar surface area (TPSA) is 49.7 Å². The molecule has 5 atom stereocenters. The fraction of sp³-hybridized carbons (Fsp3) is 1.00. The van der Waals surface area contributed by atoms with Crippen molar-refractivity contribution >= 4 is 21.6 Å². The van der Waals surface area contributed by atoms with E-state index in [1.54, 1.807) is 0 Å². The van der Waals surface area contributed by atoms with Crippen molar-refractivity contribution in [2.24, 2.45) is 16.7 Å². The molecule has 2 saturated carbocycles. The molecule has 102 valence electrons. The lowest BCUT2D eigenvalue weighted by molar-refractivity contribution is 0.0586. The average Bonchev–Trinajstić information content (AvgIpc) is 2.95. The number of hydrogen-bond acceptors (Lipinski definition) is 3. The Labute approximate surface area is 113 Å². The normalized spacial score (nSPS) is 62.2. The second kappa shape index (κ2) is 2.65. The Morgan fingerprint density at radius 2 is 1.94 bits per heavy atom. The van der Waals surface area contributed by atoms with Crippen LogP contribution in [0.5, 0.6) is 0 Å². The molecule has 2 bridgehead atoms. The van der Waals surface area contributed by atoms with Gasteiger partial charge in [0, 0.05) is 5.41 Å². The Hall–Kier alpha value is 0.160. The van der Waals surface area contributed by atoms with Crippen molar-refractivity contribution in [3.8, 4) is 0 Å². The van der Waals surface area contributed by atoms with Gasteiger partial charge < -0.3 is 0 Å². The summed E-state index contributed by atoms with van der Waals surface area (Å²) in [5, 5.41) is 0. The monoisotopic (exact) mass is 291 g/mol. The van der Waals surface area contributed by atoms with Gasteiger partial charge in [-0.1, -0.05) is 20.8 Å². The third kappa shape index (κ3) is 0.823. The van der Waals surface area contributed by atoms with E-state index in [1.807, 2.05) is 0 Å². The van der Waals surface area contributed by atoms with Gasteiger partial charge in [0.15, 0.2) is 0 Å². The molecule has 0 aromatic rings. The van der Waals surface area contributed by atoms with Gasteiger partial charge in [0.2, 0.25) is 15.7 Å². The minimum atomic E-state index is -3.27. The number of alkyl halides is 1. The van der Waals surface area contributed by atoms with Crippen molar-refractivity contribution in [3.63, 3.8) is 0 Å². The van der Waals surface area contributed by atoms with E-state index in [-0.39, 0.29) is 16.6 Å². The minimum absolute atomic E-state index is 0.0172. The van der Waals surface area contributed by atoms with Gasteiger partial charge in [0.05, 0.1) is 10.6 Å². The molecule has 6 heteroatoms. The molecule has 4 rings (SSSR count). The number of nitrogens with zero attached hydrogens (tertiary/aromatic N) is 1. The fourth-order valence-corrected chi connectivity index (χ4v) is 7.87. The number of sulfonamides is 1. The van der Waals surface area contributed by atoms with Crippen LogP contribution in [-0.4, -0.2) is 29.2 Å². The first-order chi connectivity index (χ1) is 8.14. The van der Waals surface area contributed by atoms with Gasteiger partial charge in [-0.05, 0) is 35.1 Å². The molecule has 4 fully saturated rings. The molecule has 0 radical (unpaired) electrons. The second-order valence-electron chi connectivity index (χ2n) is 7.04. The molecule has 4 aliphatic rings. The summed E-state index contributed by atoms with van der Waals surface area (Å²) < 4.78 is 25.4. The van der Waals surface area contributed by atoms with Crippen molar-refractivity contribution in [3.05, 3.63) is 0 Å². The smallest absolute Gasteiger partial charge is 0.239 e. The summed E-state index contributed by atoms with van der Waals surface area (Å²) in [5.41, 5.74) is -0.936. The molecule has 0 aromatic heterocycles. The summed E-state index contributed by atoms with van der Waals surface area (Å²) in [6.07, 6.45) is 2.58. The zero-order valence-electron chi connectivity index (χ0n) is 10.9. The van der Waals surface area contributed by atoms with Crippen molar-refractivity contribution < 1.29 is 13.3 Å². The van der Waals surface area contributed by atoms with Crippen molar-refractivity contribution in [1.29, 1.82) is 0 Å². The van der Waals surface area contributed by atoms with E-state index in [4.69, 9.17) is 16.4 Å². The summed E-state index contributed by atoms with van der Waals surface area (Å²) in [6.45, 7) is 6.58. The van der Waals surface area contributed by atoms with Gasteiger partial charge in [0.1, 0.15) is 0 Å². The fourth-order valence-electron chi connectivity index (χ4n) is 5.19. The summed E-state index contributed by atoms with van der Waals surface area (Å²) in [6, 6.07) is 0. The predicted molar refractivity (Wildman–Crippen MR) is 67.3 cm³/mol. The van der Waals surface area contributed by atoms with Gasteiger partial charge in [-0.25, -0.2) is 8.42 Å². The Bertz CT molecular complexity index is 562. The van der Waals surface area contributed by atoms with Crippen molar-refractivity contribution in [1.82, 2.24) is 4.47 Å². The number of fused-ring (bicyclic) bond motifs is 3. The lowest BCUT2D eigenvalue weighted by atomic mass is 9.68. The van der Waals surface area contributed by atoms with Crippen molar-refractivity contribution in [2.45, 2.75) is 50.6 Å². The molecule has 0 N–H and O–H groups in total. The molecule has 2 heterocycles. The molecule has 1 spiro atoms. The van der Waals surface area contributed by atoms with Crippen molar-refractivity contribution in [2.75, 3.05) is 5.75 Å². The molecular weight excluding hydrogens is 274 g/mol. The van der Waals surface area contributed by atoms with E-state index in [0.717, 1.165) is 12.8 Å². The summed E-state index contributed by atoms with van der Waals surface area (Å²) in [7, 11) is -3.27. The average molecular weight is 292 g/mol. The number of hydrogen-bond donors (Lipinski definition) is 0. The van der Waals surface area contributed by atoms with E-state index >= 15 is 0 Å². The maximum atomic E-state index is 12.1. The Morgan fingerprint density at radius 1 is 1.28 bits per heavy atom. The van der Waals surface area contributed by atoms with Gasteiger partial charge in [-0.3, -0.25) is 4.84 Å². The standard InChI is InChI=1S/C12H18ClNO3S/c1-9(2)8-4-5-10(9,3)12-11(8,13)6-7-18(15,16)14(12)17-12/h8H,4-7H2,1-3H3/t8-,10+,11+,12-,14?/m0/s1. The maximum absolute atomic E-state index is 12.1. The van der Waals surface area contributed by atoms with Crippen LogP contribution in [0, 0.1) is 16.7 Å². The van der Waals surface area contributed by atoms with Crippen LogP contribution in [0.1, 0.15) is 40.0 Å². The SMILES string of the molecule is CC1(C)[C@@H]2CC[C@@]1(C)[C@@]13ON1S(=O)(=O)CC[C@@]23Cl. The molecule has 18 heavy (non-hydrogen) atoms. The Balaban J connectivity index is 1.98. The Kier molecular flexibility index (Phi) is 1.76. The van der Waals surface area contributed by atoms with E-state index in [2.05, 4.69) is 20.8 Å². The lowest BCUT2D eigenvalue weighted by Gasteiger charge is -2.42. The van der Waals surface area contributed by atoms with E-state index in [9.17, 15) is 8.42 Å².